The number of halogens is 1. The van der Waals surface area contributed by atoms with Gasteiger partial charge in [0.1, 0.15) is 10.9 Å². The molecule has 0 saturated heterocycles. The zero-order valence-corrected chi connectivity index (χ0v) is 16.7. The first-order valence-electron chi connectivity index (χ1n) is 8.63. The van der Waals surface area contributed by atoms with E-state index in [1.54, 1.807) is 12.3 Å². The van der Waals surface area contributed by atoms with Crippen LogP contribution in [0.15, 0.2) is 24.4 Å². The smallest absolute Gasteiger partial charge is 0.164 e. The minimum Gasteiger partial charge on any atom is -0.507 e. The van der Waals surface area contributed by atoms with E-state index in [2.05, 4.69) is 46.5 Å². The second-order valence-corrected chi connectivity index (χ2v) is 9.11. The van der Waals surface area contributed by atoms with E-state index in [1.807, 2.05) is 12.1 Å². The summed E-state index contributed by atoms with van der Waals surface area (Å²) in [6, 6.07) is 5.71. The first-order valence-corrected chi connectivity index (χ1v) is 9.01. The molecule has 2 N–H and O–H groups in total. The van der Waals surface area contributed by atoms with Gasteiger partial charge in [-0.2, -0.15) is 0 Å². The van der Waals surface area contributed by atoms with E-state index in [4.69, 9.17) is 11.6 Å². The van der Waals surface area contributed by atoms with E-state index in [0.29, 0.717) is 29.3 Å². The zero-order chi connectivity index (χ0) is 19.0. The van der Waals surface area contributed by atoms with Crippen LogP contribution < -0.4 is 0 Å². The number of H-pyrrole nitrogens is 1. The molecular formula is C21H28ClNO2. The summed E-state index contributed by atoms with van der Waals surface area (Å²) in [7, 11) is 0. The van der Waals surface area contributed by atoms with Gasteiger partial charge in [0.25, 0.3) is 0 Å². The molecule has 0 aliphatic rings. The Morgan fingerprint density at radius 3 is 1.96 bits per heavy atom. The molecule has 1 heterocycles. The molecule has 0 unspecified atom stereocenters. The molecule has 3 nitrogen and oxygen atoms in total. The van der Waals surface area contributed by atoms with Crippen molar-refractivity contribution in [1.29, 1.82) is 0 Å². The number of benzene rings is 1. The van der Waals surface area contributed by atoms with Crippen molar-refractivity contribution in [3.63, 3.8) is 0 Å². The standard InChI is InChI=1S/C21H28ClNO2/c1-20(2,3)15-9-13(10-16(19(15)25)21(4,5)6)7-8-17(24)14-11-18(22)23-12-14/h9-12,23,25H,7-8H2,1-6H3. The van der Waals surface area contributed by atoms with E-state index in [9.17, 15) is 9.90 Å². The van der Waals surface area contributed by atoms with Gasteiger partial charge in [-0.25, -0.2) is 0 Å². The van der Waals surface area contributed by atoms with Gasteiger partial charge in [-0.1, -0.05) is 65.3 Å². The van der Waals surface area contributed by atoms with Crippen LogP contribution >= 0.6 is 11.6 Å². The first kappa shape index (κ1) is 19.6. The normalized spacial score (nSPS) is 12.4. The lowest BCUT2D eigenvalue weighted by molar-refractivity contribution is 0.0983. The Hall–Kier alpha value is -1.74. The molecule has 136 valence electrons. The highest BCUT2D eigenvalue weighted by atomic mass is 35.5. The second-order valence-electron chi connectivity index (χ2n) is 8.70. The molecule has 1 aromatic heterocycles. The van der Waals surface area contributed by atoms with Gasteiger partial charge in [0, 0.05) is 18.2 Å². The van der Waals surface area contributed by atoms with Gasteiger partial charge in [-0.3, -0.25) is 4.79 Å². The van der Waals surface area contributed by atoms with Crippen LogP contribution in [-0.2, 0) is 17.3 Å². The van der Waals surface area contributed by atoms with Crippen molar-refractivity contribution in [3.05, 3.63) is 51.8 Å². The summed E-state index contributed by atoms with van der Waals surface area (Å²) in [5, 5.41) is 11.2. The third-order valence-corrected chi connectivity index (χ3v) is 4.61. The molecule has 0 amide bonds. The van der Waals surface area contributed by atoms with Crippen LogP contribution in [-0.4, -0.2) is 15.9 Å². The largest absolute Gasteiger partial charge is 0.507 e. The van der Waals surface area contributed by atoms with Crippen LogP contribution in [0, 0.1) is 0 Å². The summed E-state index contributed by atoms with van der Waals surface area (Å²) in [6.45, 7) is 12.5. The number of carbonyl (C=O) groups excluding carboxylic acids is 1. The van der Waals surface area contributed by atoms with Gasteiger partial charge in [0.15, 0.2) is 5.78 Å². The van der Waals surface area contributed by atoms with Gasteiger partial charge < -0.3 is 10.1 Å². The number of Topliss-reactive ketones (excluding diaryl/α,β-unsaturated/α-hetero) is 1. The molecule has 0 saturated carbocycles. The fourth-order valence-electron chi connectivity index (χ4n) is 2.91. The number of phenolic OH excluding ortho intramolecular Hbond substituents is 1. The molecule has 1 aromatic carbocycles. The molecule has 0 radical (unpaired) electrons. The lowest BCUT2D eigenvalue weighted by Crippen LogP contribution is -2.18. The molecule has 0 atom stereocenters. The summed E-state index contributed by atoms with van der Waals surface area (Å²) in [6.07, 6.45) is 2.68. The average molecular weight is 362 g/mol. The summed E-state index contributed by atoms with van der Waals surface area (Å²) in [5.41, 5.74) is 3.19. The molecule has 0 aliphatic heterocycles. The first-order chi connectivity index (χ1) is 11.4. The molecular weight excluding hydrogens is 334 g/mol. The highest BCUT2D eigenvalue weighted by molar-refractivity contribution is 6.29. The number of carbonyl (C=O) groups is 1. The van der Waals surface area contributed by atoms with E-state index in [1.165, 1.54) is 0 Å². The predicted molar refractivity (Wildman–Crippen MR) is 104 cm³/mol. The second kappa shape index (κ2) is 6.87. The Morgan fingerprint density at radius 2 is 1.56 bits per heavy atom. The summed E-state index contributed by atoms with van der Waals surface area (Å²) in [4.78, 5) is 15.2. The third-order valence-electron chi connectivity index (χ3n) is 4.40. The minimum absolute atomic E-state index is 0.0610. The Balaban J connectivity index is 2.33. The maximum Gasteiger partial charge on any atom is 0.164 e. The third kappa shape index (κ3) is 4.66. The molecule has 2 aromatic rings. The number of rotatable bonds is 4. The fraction of sp³-hybridized carbons (Fsp3) is 0.476. The number of aromatic amines is 1. The number of hydrogen-bond acceptors (Lipinski definition) is 2. The number of nitrogens with one attached hydrogen (secondary N) is 1. The van der Waals surface area contributed by atoms with E-state index in [0.717, 1.165) is 16.7 Å². The molecule has 0 aliphatic carbocycles. The highest BCUT2D eigenvalue weighted by Crippen LogP contribution is 2.40. The van der Waals surface area contributed by atoms with Crippen molar-refractivity contribution < 1.29 is 9.90 Å². The molecule has 0 fully saturated rings. The van der Waals surface area contributed by atoms with E-state index in [-0.39, 0.29) is 16.6 Å². The molecule has 2 rings (SSSR count). The van der Waals surface area contributed by atoms with Crippen molar-refractivity contribution in [2.45, 2.75) is 65.2 Å². The Morgan fingerprint density at radius 1 is 1.04 bits per heavy atom. The Kier molecular flexibility index (Phi) is 5.38. The fourth-order valence-corrected chi connectivity index (χ4v) is 3.08. The topological polar surface area (TPSA) is 53.1 Å². The Bertz CT molecular complexity index is 741. The average Bonchev–Trinajstić information content (AvgIpc) is 2.90. The van der Waals surface area contributed by atoms with Gasteiger partial charge >= 0.3 is 0 Å². The molecule has 0 bridgehead atoms. The number of aromatic nitrogens is 1. The van der Waals surface area contributed by atoms with Crippen LogP contribution in [0.5, 0.6) is 5.75 Å². The maximum absolute atomic E-state index is 12.3. The quantitative estimate of drug-likeness (QED) is 0.677. The van der Waals surface area contributed by atoms with Crippen LogP contribution in [0.2, 0.25) is 5.15 Å². The highest BCUT2D eigenvalue weighted by Gasteiger charge is 2.26. The number of hydrogen-bond donors (Lipinski definition) is 2. The predicted octanol–water partition coefficient (Wildman–Crippen LogP) is 5.78. The monoisotopic (exact) mass is 361 g/mol. The summed E-state index contributed by atoms with van der Waals surface area (Å²) in [5.74, 6) is 0.429. The van der Waals surface area contributed by atoms with Gasteiger partial charge in [0.05, 0.1) is 0 Å². The summed E-state index contributed by atoms with van der Waals surface area (Å²) >= 11 is 5.85. The Labute approximate surface area is 155 Å². The minimum atomic E-state index is -0.168. The molecule has 25 heavy (non-hydrogen) atoms. The number of aromatic hydroxyl groups is 1. The van der Waals surface area contributed by atoms with Gasteiger partial charge in [-0.15, -0.1) is 0 Å². The van der Waals surface area contributed by atoms with E-state index < -0.39 is 0 Å². The number of aryl methyl sites for hydroxylation is 1. The van der Waals surface area contributed by atoms with Crippen molar-refractivity contribution >= 4 is 17.4 Å². The van der Waals surface area contributed by atoms with Crippen molar-refractivity contribution in [3.8, 4) is 5.75 Å². The van der Waals surface area contributed by atoms with Gasteiger partial charge in [-0.05, 0) is 40.0 Å². The zero-order valence-electron chi connectivity index (χ0n) is 16.0. The van der Waals surface area contributed by atoms with Crippen molar-refractivity contribution in [1.82, 2.24) is 4.98 Å². The maximum atomic E-state index is 12.3. The lowest BCUT2D eigenvalue weighted by atomic mass is 9.78. The van der Waals surface area contributed by atoms with Gasteiger partial charge in [0.2, 0.25) is 0 Å². The SMILES string of the molecule is CC(C)(C)c1cc(CCC(=O)c2c[nH]c(Cl)c2)cc(C(C)(C)C)c1O. The van der Waals surface area contributed by atoms with Crippen LogP contribution in [0.4, 0.5) is 0 Å². The van der Waals surface area contributed by atoms with Crippen molar-refractivity contribution in [2.24, 2.45) is 0 Å². The van der Waals surface area contributed by atoms with Crippen LogP contribution in [0.3, 0.4) is 0 Å². The van der Waals surface area contributed by atoms with Crippen LogP contribution in [0.1, 0.15) is 75.0 Å². The summed E-state index contributed by atoms with van der Waals surface area (Å²) < 4.78 is 0. The molecule has 0 spiro atoms. The van der Waals surface area contributed by atoms with Crippen LogP contribution in [0.25, 0.3) is 0 Å². The number of ketones is 1. The van der Waals surface area contributed by atoms with E-state index >= 15 is 0 Å². The molecule has 4 heteroatoms. The lowest BCUT2D eigenvalue weighted by Gasteiger charge is -2.28. The van der Waals surface area contributed by atoms with Crippen molar-refractivity contribution in [2.75, 3.05) is 0 Å². The number of phenols is 1.